The summed E-state index contributed by atoms with van der Waals surface area (Å²) in [5.41, 5.74) is 1.22. The molecule has 1 aromatic carbocycles. The highest BCUT2D eigenvalue weighted by Crippen LogP contribution is 2.26. The molecular formula is C15H19NO3. The molecule has 2 aliphatic rings. The Hall–Kier alpha value is -1.68. The first-order valence-corrected chi connectivity index (χ1v) is 6.78. The van der Waals surface area contributed by atoms with E-state index in [0.717, 1.165) is 44.0 Å². The number of rotatable bonds is 3. The molecule has 102 valence electrons. The van der Waals surface area contributed by atoms with Gasteiger partial charge in [-0.1, -0.05) is 30.3 Å². The van der Waals surface area contributed by atoms with E-state index in [2.05, 4.69) is 17.0 Å². The normalized spacial score (nSPS) is 20.4. The molecule has 2 heterocycles. The van der Waals surface area contributed by atoms with Crippen LogP contribution >= 0.6 is 0 Å². The van der Waals surface area contributed by atoms with Crippen molar-refractivity contribution in [1.29, 1.82) is 0 Å². The van der Waals surface area contributed by atoms with E-state index in [1.807, 2.05) is 18.2 Å². The molecule has 1 fully saturated rings. The van der Waals surface area contributed by atoms with E-state index >= 15 is 0 Å². The number of hydrogen-bond acceptors (Lipinski definition) is 4. The van der Waals surface area contributed by atoms with Crippen LogP contribution in [0, 0.1) is 0 Å². The maximum Gasteiger partial charge on any atom is 0.232 e. The lowest BCUT2D eigenvalue weighted by Gasteiger charge is -2.30. The molecule has 0 radical (unpaired) electrons. The van der Waals surface area contributed by atoms with Crippen molar-refractivity contribution in [3.8, 4) is 0 Å². The number of nitrogens with zero attached hydrogens (tertiary/aromatic N) is 1. The van der Waals surface area contributed by atoms with E-state index in [-0.39, 0.29) is 6.10 Å². The average molecular weight is 261 g/mol. The van der Waals surface area contributed by atoms with Gasteiger partial charge in [0.05, 0.1) is 6.10 Å². The lowest BCUT2D eigenvalue weighted by molar-refractivity contribution is 0.0244. The van der Waals surface area contributed by atoms with Crippen LogP contribution in [0.1, 0.15) is 18.4 Å². The van der Waals surface area contributed by atoms with Gasteiger partial charge in [0, 0.05) is 19.5 Å². The summed E-state index contributed by atoms with van der Waals surface area (Å²) >= 11 is 0. The Morgan fingerprint density at radius 1 is 1.11 bits per heavy atom. The van der Waals surface area contributed by atoms with Crippen molar-refractivity contribution in [3.05, 3.63) is 47.5 Å². The van der Waals surface area contributed by atoms with Crippen LogP contribution < -0.4 is 0 Å². The van der Waals surface area contributed by atoms with Crippen LogP contribution in [0.5, 0.6) is 0 Å². The smallest absolute Gasteiger partial charge is 0.232 e. The number of allylic oxidation sites excluding steroid dienone is 1. The maximum atomic E-state index is 9.56. The van der Waals surface area contributed by atoms with Gasteiger partial charge in [-0.25, -0.2) is 0 Å². The Kier molecular flexibility index (Phi) is 3.60. The van der Waals surface area contributed by atoms with E-state index in [1.165, 1.54) is 5.56 Å². The third-order valence-electron chi connectivity index (χ3n) is 3.63. The minimum Gasteiger partial charge on any atom is -0.456 e. The Morgan fingerprint density at radius 2 is 1.84 bits per heavy atom. The van der Waals surface area contributed by atoms with Crippen LogP contribution in [0.15, 0.2) is 42.0 Å². The van der Waals surface area contributed by atoms with Crippen LogP contribution in [0.4, 0.5) is 0 Å². The molecule has 1 saturated heterocycles. The lowest BCUT2D eigenvalue weighted by Crippen LogP contribution is -2.35. The van der Waals surface area contributed by atoms with Gasteiger partial charge in [-0.3, -0.25) is 0 Å². The van der Waals surface area contributed by atoms with Crippen molar-refractivity contribution in [1.82, 2.24) is 4.90 Å². The van der Waals surface area contributed by atoms with Crippen molar-refractivity contribution in [3.63, 3.8) is 0 Å². The quantitative estimate of drug-likeness (QED) is 0.902. The fourth-order valence-corrected chi connectivity index (χ4v) is 2.54. The van der Waals surface area contributed by atoms with Crippen LogP contribution in [0.25, 0.3) is 0 Å². The molecule has 0 aromatic heterocycles. The van der Waals surface area contributed by atoms with Crippen molar-refractivity contribution in [2.24, 2.45) is 0 Å². The van der Waals surface area contributed by atoms with Gasteiger partial charge in [-0.15, -0.1) is 0 Å². The van der Waals surface area contributed by atoms with Crippen molar-refractivity contribution in [2.45, 2.75) is 25.4 Å². The predicted molar refractivity (Wildman–Crippen MR) is 71.0 cm³/mol. The number of aliphatic hydroxyl groups excluding tert-OH is 1. The topological polar surface area (TPSA) is 41.9 Å². The number of hydrogen-bond donors (Lipinski definition) is 1. The Balaban J connectivity index is 1.73. The number of piperidine rings is 1. The number of ether oxygens (including phenoxy) is 2. The fraction of sp³-hybridized carbons (Fsp3) is 0.467. The molecule has 0 aliphatic carbocycles. The third-order valence-corrected chi connectivity index (χ3v) is 3.63. The van der Waals surface area contributed by atoms with E-state index in [9.17, 15) is 5.11 Å². The predicted octanol–water partition coefficient (Wildman–Crippen LogP) is 1.86. The van der Waals surface area contributed by atoms with Gasteiger partial charge < -0.3 is 19.5 Å². The Labute approximate surface area is 113 Å². The van der Waals surface area contributed by atoms with E-state index in [0.29, 0.717) is 6.79 Å². The van der Waals surface area contributed by atoms with Gasteiger partial charge in [0.2, 0.25) is 12.7 Å². The molecule has 4 nitrogen and oxygen atoms in total. The minimum absolute atomic E-state index is 0.170. The van der Waals surface area contributed by atoms with Gasteiger partial charge in [0.15, 0.2) is 5.76 Å². The molecule has 0 bridgehead atoms. The highest BCUT2D eigenvalue weighted by molar-refractivity contribution is 5.21. The molecule has 0 amide bonds. The highest BCUT2D eigenvalue weighted by Gasteiger charge is 2.27. The third kappa shape index (κ3) is 2.84. The SMILES string of the molecule is OC1CCN(C2=C(Cc3ccccc3)OCO2)CC1. The summed E-state index contributed by atoms with van der Waals surface area (Å²) in [6, 6.07) is 10.3. The molecule has 1 aromatic rings. The second kappa shape index (κ2) is 5.53. The zero-order valence-corrected chi connectivity index (χ0v) is 10.9. The molecule has 2 aliphatic heterocycles. The second-order valence-electron chi connectivity index (χ2n) is 5.02. The monoisotopic (exact) mass is 261 g/mol. The fourth-order valence-electron chi connectivity index (χ4n) is 2.54. The molecule has 19 heavy (non-hydrogen) atoms. The summed E-state index contributed by atoms with van der Waals surface area (Å²) in [5, 5.41) is 9.56. The molecule has 4 heteroatoms. The molecule has 3 rings (SSSR count). The summed E-state index contributed by atoms with van der Waals surface area (Å²) < 4.78 is 11.2. The van der Waals surface area contributed by atoms with Gasteiger partial charge in [-0.05, 0) is 18.4 Å². The van der Waals surface area contributed by atoms with E-state index in [4.69, 9.17) is 9.47 Å². The van der Waals surface area contributed by atoms with Crippen LogP contribution in [-0.2, 0) is 15.9 Å². The summed E-state index contributed by atoms with van der Waals surface area (Å²) in [6.45, 7) is 1.97. The van der Waals surface area contributed by atoms with Crippen molar-refractivity contribution in [2.75, 3.05) is 19.9 Å². The number of aliphatic hydroxyl groups is 1. The first-order valence-electron chi connectivity index (χ1n) is 6.78. The molecule has 0 unspecified atom stereocenters. The standard InChI is InChI=1S/C15H19NO3/c17-13-6-8-16(9-7-13)15-14(18-11-19-15)10-12-4-2-1-3-5-12/h1-5,13,17H,6-11H2. The van der Waals surface area contributed by atoms with E-state index in [1.54, 1.807) is 0 Å². The van der Waals surface area contributed by atoms with Crippen LogP contribution in [0.3, 0.4) is 0 Å². The zero-order valence-electron chi connectivity index (χ0n) is 10.9. The first-order chi connectivity index (χ1) is 9.33. The molecule has 0 atom stereocenters. The zero-order chi connectivity index (χ0) is 13.1. The summed E-state index contributed by atoms with van der Waals surface area (Å²) in [6.07, 6.45) is 2.18. The van der Waals surface area contributed by atoms with Gasteiger partial charge in [0.25, 0.3) is 0 Å². The second-order valence-corrected chi connectivity index (χ2v) is 5.02. The summed E-state index contributed by atoms with van der Waals surface area (Å²) in [5.74, 6) is 1.76. The largest absolute Gasteiger partial charge is 0.456 e. The van der Waals surface area contributed by atoms with Gasteiger partial charge in [-0.2, -0.15) is 0 Å². The van der Waals surface area contributed by atoms with Crippen LogP contribution in [-0.4, -0.2) is 36.0 Å². The van der Waals surface area contributed by atoms with Gasteiger partial charge >= 0.3 is 0 Å². The highest BCUT2D eigenvalue weighted by atomic mass is 16.7. The lowest BCUT2D eigenvalue weighted by atomic mass is 10.1. The maximum absolute atomic E-state index is 9.56. The molecule has 0 saturated carbocycles. The van der Waals surface area contributed by atoms with Crippen molar-refractivity contribution < 1.29 is 14.6 Å². The van der Waals surface area contributed by atoms with Crippen molar-refractivity contribution >= 4 is 0 Å². The first kappa shape index (κ1) is 12.4. The van der Waals surface area contributed by atoms with E-state index < -0.39 is 0 Å². The van der Waals surface area contributed by atoms with Gasteiger partial charge in [0.1, 0.15) is 0 Å². The Morgan fingerprint density at radius 3 is 2.58 bits per heavy atom. The Bertz CT molecular complexity index is 450. The number of benzene rings is 1. The molecule has 0 spiro atoms. The molecular weight excluding hydrogens is 242 g/mol. The average Bonchev–Trinajstić information content (AvgIpc) is 2.89. The summed E-state index contributed by atoms with van der Waals surface area (Å²) in [7, 11) is 0. The van der Waals surface area contributed by atoms with Crippen LogP contribution in [0.2, 0.25) is 0 Å². The minimum atomic E-state index is -0.170. The molecule has 1 N–H and O–H groups in total. The summed E-state index contributed by atoms with van der Waals surface area (Å²) in [4.78, 5) is 2.18. The number of likely N-dealkylation sites (tertiary alicyclic amines) is 1.